The fourth-order valence-electron chi connectivity index (χ4n) is 9.25. The first kappa shape index (κ1) is 47.4. The second-order valence-corrected chi connectivity index (χ2v) is 18.1. The highest BCUT2D eigenvalue weighted by molar-refractivity contribution is 5.99. The predicted octanol–water partition coefficient (Wildman–Crippen LogP) is 7.51. The number of ether oxygens (including phenoxy) is 2. The number of methoxy groups -OCH3 is 2. The van der Waals surface area contributed by atoms with Gasteiger partial charge in [-0.2, -0.15) is 0 Å². The Hall–Kier alpha value is -6.12. The zero-order valence-electron chi connectivity index (χ0n) is 38.4. The van der Waals surface area contributed by atoms with E-state index in [1.165, 1.54) is 19.8 Å². The van der Waals surface area contributed by atoms with Crippen LogP contribution in [0.4, 0.5) is 26.7 Å². The van der Waals surface area contributed by atoms with Crippen LogP contribution in [0.2, 0.25) is 0 Å². The van der Waals surface area contributed by atoms with Crippen LogP contribution in [0.5, 0.6) is 0 Å². The van der Waals surface area contributed by atoms with Crippen molar-refractivity contribution in [1.29, 1.82) is 0 Å². The van der Waals surface area contributed by atoms with Gasteiger partial charge in [-0.05, 0) is 109 Å². The number of anilines is 3. The van der Waals surface area contributed by atoms with Crippen molar-refractivity contribution < 1.29 is 38.2 Å². The fraction of sp³-hybridized carbons (Fsp3) is 0.510. The van der Waals surface area contributed by atoms with Crippen molar-refractivity contribution in [3.8, 4) is 0 Å². The number of nitrogens with zero attached hydrogens (tertiary/aromatic N) is 3. The molecule has 4 N–H and O–H groups in total. The van der Waals surface area contributed by atoms with Gasteiger partial charge in [0.15, 0.2) is 0 Å². The summed E-state index contributed by atoms with van der Waals surface area (Å²) in [6.45, 7) is 12.6. The quantitative estimate of drug-likeness (QED) is 0.128. The molecular formula is C49H65N7O8. The van der Waals surface area contributed by atoms with Crippen LogP contribution >= 0.6 is 0 Å². The lowest BCUT2D eigenvalue weighted by Crippen LogP contribution is -2.54. The Morgan fingerprint density at radius 1 is 0.547 bits per heavy atom. The van der Waals surface area contributed by atoms with Crippen molar-refractivity contribution in [2.24, 2.45) is 11.8 Å². The molecule has 3 saturated heterocycles. The minimum Gasteiger partial charge on any atom is -0.453 e. The van der Waals surface area contributed by atoms with Crippen molar-refractivity contribution in [3.63, 3.8) is 0 Å². The van der Waals surface area contributed by atoms with Gasteiger partial charge in [-0.25, -0.2) is 9.59 Å². The highest BCUT2D eigenvalue weighted by atomic mass is 16.5. The van der Waals surface area contributed by atoms with E-state index in [2.05, 4.69) is 88.5 Å². The SMILES string of the molecule is COC(=O)N[C@H](C(=O)N1CCC[C@H]1C(=O)Nc1ccc([C@@H]2CC[C@@H](c3ccc(NC(=O)[C@@H]4CCCN4C(=O)[C@@H](NC(=O)OC)C(C)C)cc3)N2c2ccc(C(C)C)cc2)cc1)C(C)C. The molecule has 0 unspecified atom stereocenters. The first-order chi connectivity index (χ1) is 30.6. The normalized spacial score (nSPS) is 20.6. The molecule has 6 amide bonds. The van der Waals surface area contributed by atoms with E-state index in [4.69, 9.17) is 9.47 Å². The summed E-state index contributed by atoms with van der Waals surface area (Å²) in [6, 6.07) is 21.7. The molecule has 15 heteroatoms. The van der Waals surface area contributed by atoms with Crippen molar-refractivity contribution in [3.05, 3.63) is 89.5 Å². The number of likely N-dealkylation sites (tertiary alicyclic amines) is 2. The Balaban J connectivity index is 1.16. The number of hydrogen-bond donors (Lipinski definition) is 4. The topological polar surface area (TPSA) is 179 Å². The number of hydrogen-bond acceptors (Lipinski definition) is 9. The summed E-state index contributed by atoms with van der Waals surface area (Å²) in [7, 11) is 2.50. The minimum atomic E-state index is -0.812. The molecule has 6 atom stereocenters. The molecule has 3 aromatic carbocycles. The molecule has 3 aromatic rings. The number of carbonyl (C=O) groups excluding carboxylic acids is 6. The van der Waals surface area contributed by atoms with E-state index in [-0.39, 0.29) is 47.5 Å². The third kappa shape index (κ3) is 10.8. The Kier molecular flexibility index (Phi) is 15.6. The summed E-state index contributed by atoms with van der Waals surface area (Å²) >= 11 is 0. The molecule has 0 radical (unpaired) electrons. The molecule has 344 valence electrons. The summed E-state index contributed by atoms with van der Waals surface area (Å²) in [5.41, 5.74) is 5.79. The first-order valence-electron chi connectivity index (χ1n) is 22.6. The van der Waals surface area contributed by atoms with Crippen LogP contribution in [0.25, 0.3) is 0 Å². The van der Waals surface area contributed by atoms with E-state index in [1.807, 2.05) is 52.0 Å². The Labute approximate surface area is 377 Å². The van der Waals surface area contributed by atoms with Gasteiger partial charge in [-0.15, -0.1) is 0 Å². The number of amides is 6. The van der Waals surface area contributed by atoms with Crippen LogP contribution in [-0.4, -0.2) is 97.1 Å². The average Bonchev–Trinajstić information content (AvgIpc) is 4.08. The van der Waals surface area contributed by atoms with E-state index in [9.17, 15) is 28.8 Å². The number of benzene rings is 3. The van der Waals surface area contributed by atoms with E-state index < -0.39 is 36.4 Å². The van der Waals surface area contributed by atoms with Crippen LogP contribution in [0.15, 0.2) is 72.8 Å². The van der Waals surface area contributed by atoms with E-state index in [0.717, 1.165) is 29.7 Å². The lowest BCUT2D eigenvalue weighted by molar-refractivity contribution is -0.139. The molecule has 0 aliphatic carbocycles. The smallest absolute Gasteiger partial charge is 0.407 e. The maximum Gasteiger partial charge on any atom is 0.407 e. The number of alkyl carbamates (subject to hydrolysis) is 2. The van der Waals surface area contributed by atoms with Crippen molar-refractivity contribution in [2.75, 3.05) is 42.8 Å². The zero-order chi connectivity index (χ0) is 46.2. The van der Waals surface area contributed by atoms with E-state index in [0.29, 0.717) is 56.1 Å². The van der Waals surface area contributed by atoms with Gasteiger partial charge in [0.25, 0.3) is 0 Å². The van der Waals surface area contributed by atoms with Gasteiger partial charge in [-0.3, -0.25) is 19.2 Å². The number of carbonyl (C=O) groups is 6. The highest BCUT2D eigenvalue weighted by Gasteiger charge is 2.41. The van der Waals surface area contributed by atoms with Gasteiger partial charge in [0.05, 0.1) is 26.3 Å². The summed E-state index contributed by atoms with van der Waals surface area (Å²) in [6.07, 6.45) is 2.78. The average molecular weight is 880 g/mol. The predicted molar refractivity (Wildman–Crippen MR) is 246 cm³/mol. The molecule has 6 rings (SSSR count). The molecule has 64 heavy (non-hydrogen) atoms. The fourth-order valence-corrected chi connectivity index (χ4v) is 9.25. The number of nitrogens with one attached hydrogen (secondary N) is 4. The van der Waals surface area contributed by atoms with Crippen molar-refractivity contribution >= 4 is 52.9 Å². The van der Waals surface area contributed by atoms with Gasteiger partial charge >= 0.3 is 12.2 Å². The van der Waals surface area contributed by atoms with Gasteiger partial charge < -0.3 is 45.4 Å². The van der Waals surface area contributed by atoms with Crippen LogP contribution in [-0.2, 0) is 28.7 Å². The van der Waals surface area contributed by atoms with Crippen LogP contribution < -0.4 is 26.2 Å². The van der Waals surface area contributed by atoms with Gasteiger partial charge in [0, 0.05) is 30.2 Å². The van der Waals surface area contributed by atoms with Crippen LogP contribution in [0.3, 0.4) is 0 Å². The zero-order valence-corrected chi connectivity index (χ0v) is 38.4. The van der Waals surface area contributed by atoms with Gasteiger partial charge in [0.2, 0.25) is 23.6 Å². The molecule has 3 heterocycles. The van der Waals surface area contributed by atoms with Crippen LogP contribution in [0, 0.1) is 11.8 Å². The minimum absolute atomic E-state index is 0.0338. The molecule has 3 fully saturated rings. The highest BCUT2D eigenvalue weighted by Crippen LogP contribution is 2.47. The summed E-state index contributed by atoms with van der Waals surface area (Å²) < 4.78 is 9.48. The van der Waals surface area contributed by atoms with E-state index >= 15 is 0 Å². The van der Waals surface area contributed by atoms with Crippen LogP contribution in [0.1, 0.15) is 115 Å². The standard InChI is InChI=1S/C49H65N7O8/c1-29(2)32-17-23-37(24-18-32)56-38(33-13-19-35(20-14-33)50-44(57)40-11-9-27-54(40)46(59)42(30(3)4)52-48(61)63-7)25-26-39(56)34-15-21-36(22-16-34)51-45(58)41-12-10-28-55(41)47(60)43(31(5)6)53-49(62)64-8/h13-24,29-31,38-43H,9-12,25-28H2,1-8H3,(H,50,57)(H,51,58)(H,52,61)(H,53,62)/t38-,39-,40-,41-,42-,43-/m0/s1. The lowest BCUT2D eigenvalue weighted by Gasteiger charge is -2.34. The second kappa shape index (κ2) is 21.0. The Morgan fingerprint density at radius 3 is 1.28 bits per heavy atom. The molecule has 0 aromatic heterocycles. The van der Waals surface area contributed by atoms with Gasteiger partial charge in [-0.1, -0.05) is 77.9 Å². The Bertz CT molecular complexity index is 2000. The molecular weight excluding hydrogens is 815 g/mol. The molecule has 15 nitrogen and oxygen atoms in total. The maximum absolute atomic E-state index is 13.7. The monoisotopic (exact) mass is 879 g/mol. The molecule has 0 spiro atoms. The third-order valence-electron chi connectivity index (χ3n) is 12.8. The van der Waals surface area contributed by atoms with Gasteiger partial charge in [0.1, 0.15) is 24.2 Å². The molecule has 0 saturated carbocycles. The summed E-state index contributed by atoms with van der Waals surface area (Å²) in [5, 5.41) is 11.3. The second-order valence-electron chi connectivity index (χ2n) is 18.1. The summed E-state index contributed by atoms with van der Waals surface area (Å²) in [5.74, 6) is -1.16. The Morgan fingerprint density at radius 2 is 0.938 bits per heavy atom. The lowest BCUT2D eigenvalue weighted by atomic mass is 10.0. The third-order valence-corrected chi connectivity index (χ3v) is 12.8. The molecule has 0 bridgehead atoms. The molecule has 3 aliphatic rings. The maximum atomic E-state index is 13.7. The largest absolute Gasteiger partial charge is 0.453 e. The number of rotatable bonds is 14. The van der Waals surface area contributed by atoms with E-state index in [1.54, 1.807) is 9.80 Å². The summed E-state index contributed by atoms with van der Waals surface area (Å²) in [4.78, 5) is 84.0. The molecule has 3 aliphatic heterocycles. The first-order valence-corrected chi connectivity index (χ1v) is 22.6. The van der Waals surface area contributed by atoms with Crippen molar-refractivity contribution in [1.82, 2.24) is 20.4 Å². The van der Waals surface area contributed by atoms with Crippen molar-refractivity contribution in [2.45, 2.75) is 122 Å².